The summed E-state index contributed by atoms with van der Waals surface area (Å²) in [5, 5.41) is 9.58. The van der Waals surface area contributed by atoms with Crippen molar-refractivity contribution in [1.29, 1.82) is 0 Å². The summed E-state index contributed by atoms with van der Waals surface area (Å²) in [6, 6.07) is 14.3. The summed E-state index contributed by atoms with van der Waals surface area (Å²) in [6.45, 7) is 0.270. The molecule has 0 aliphatic carbocycles. The van der Waals surface area contributed by atoms with E-state index in [0.717, 1.165) is 0 Å². The Morgan fingerprint density at radius 1 is 1.15 bits per heavy atom. The first kappa shape index (κ1) is 19.3. The molecule has 0 fully saturated rings. The standard InChI is InChI=1S/C19H18ClN3O3S/c1-23-18(11-26-14-9-7-13(20)8-10-14)21-22-19(23)27-12-16(24)15-5-3-4-6-17(15)25-2/h3-10H,11-12H2,1-2H3. The van der Waals surface area contributed by atoms with Crippen molar-refractivity contribution in [2.75, 3.05) is 12.9 Å². The van der Waals surface area contributed by atoms with Crippen LogP contribution in [0, 0.1) is 0 Å². The molecular formula is C19H18ClN3O3S. The molecular weight excluding hydrogens is 386 g/mol. The zero-order valence-corrected chi connectivity index (χ0v) is 16.5. The highest BCUT2D eigenvalue weighted by molar-refractivity contribution is 7.99. The average Bonchev–Trinajstić information content (AvgIpc) is 3.05. The van der Waals surface area contributed by atoms with Crippen LogP contribution in [0.2, 0.25) is 5.02 Å². The van der Waals surface area contributed by atoms with Crippen LogP contribution < -0.4 is 9.47 Å². The molecule has 6 nitrogen and oxygen atoms in total. The maximum Gasteiger partial charge on any atom is 0.191 e. The summed E-state index contributed by atoms with van der Waals surface area (Å²) >= 11 is 7.19. The molecule has 2 aromatic carbocycles. The van der Waals surface area contributed by atoms with E-state index in [2.05, 4.69) is 10.2 Å². The first-order valence-corrected chi connectivity index (χ1v) is 9.50. The minimum atomic E-state index is -0.0283. The number of methoxy groups -OCH3 is 1. The summed E-state index contributed by atoms with van der Waals surface area (Å²) < 4.78 is 12.7. The summed E-state index contributed by atoms with van der Waals surface area (Å²) in [4.78, 5) is 12.5. The monoisotopic (exact) mass is 403 g/mol. The molecule has 0 bridgehead atoms. The highest BCUT2D eigenvalue weighted by Gasteiger charge is 2.15. The van der Waals surface area contributed by atoms with Gasteiger partial charge in [-0.15, -0.1) is 10.2 Å². The Bertz CT molecular complexity index is 928. The second kappa shape index (κ2) is 8.92. The third-order valence-corrected chi connectivity index (χ3v) is 5.12. The lowest BCUT2D eigenvalue weighted by molar-refractivity contribution is 0.101. The fourth-order valence-electron chi connectivity index (χ4n) is 2.36. The van der Waals surface area contributed by atoms with Gasteiger partial charge in [-0.3, -0.25) is 4.79 Å². The average molecular weight is 404 g/mol. The van der Waals surface area contributed by atoms with E-state index in [1.807, 2.05) is 23.7 Å². The Hall–Kier alpha value is -2.51. The molecule has 0 saturated carbocycles. The Labute approximate surface area is 166 Å². The maximum atomic E-state index is 12.5. The summed E-state index contributed by atoms with van der Waals surface area (Å²) in [5.41, 5.74) is 0.556. The van der Waals surface area contributed by atoms with E-state index in [0.29, 0.717) is 33.1 Å². The third kappa shape index (κ3) is 4.81. The number of para-hydroxylation sites is 1. The number of carbonyl (C=O) groups excluding carboxylic acids is 1. The van der Waals surface area contributed by atoms with E-state index in [-0.39, 0.29) is 18.1 Å². The van der Waals surface area contributed by atoms with Crippen molar-refractivity contribution in [1.82, 2.24) is 14.8 Å². The van der Waals surface area contributed by atoms with Gasteiger partial charge in [0.15, 0.2) is 16.8 Å². The van der Waals surface area contributed by atoms with E-state index >= 15 is 0 Å². The summed E-state index contributed by atoms with van der Waals surface area (Å²) in [5.74, 6) is 2.14. The van der Waals surface area contributed by atoms with Crippen molar-refractivity contribution >= 4 is 29.1 Å². The predicted molar refractivity (Wildman–Crippen MR) is 105 cm³/mol. The van der Waals surface area contributed by atoms with Crippen LogP contribution in [-0.4, -0.2) is 33.4 Å². The second-order valence-corrected chi connectivity index (χ2v) is 6.99. The molecule has 0 amide bonds. The number of carbonyl (C=O) groups is 1. The van der Waals surface area contributed by atoms with Gasteiger partial charge in [0.25, 0.3) is 0 Å². The van der Waals surface area contributed by atoms with Crippen LogP contribution in [0.3, 0.4) is 0 Å². The smallest absolute Gasteiger partial charge is 0.191 e. The first-order chi connectivity index (χ1) is 13.1. The maximum absolute atomic E-state index is 12.5. The molecule has 0 unspecified atom stereocenters. The van der Waals surface area contributed by atoms with E-state index in [4.69, 9.17) is 21.1 Å². The number of hydrogen-bond donors (Lipinski definition) is 0. The van der Waals surface area contributed by atoms with Crippen molar-refractivity contribution in [3.05, 3.63) is 64.9 Å². The fourth-order valence-corrected chi connectivity index (χ4v) is 3.30. The van der Waals surface area contributed by atoms with E-state index in [9.17, 15) is 4.79 Å². The zero-order chi connectivity index (χ0) is 19.2. The SMILES string of the molecule is COc1ccccc1C(=O)CSc1nnc(COc2ccc(Cl)cc2)n1C. The van der Waals surface area contributed by atoms with Crippen LogP contribution >= 0.6 is 23.4 Å². The minimum absolute atomic E-state index is 0.0283. The molecule has 0 atom stereocenters. The number of hydrogen-bond acceptors (Lipinski definition) is 6. The summed E-state index contributed by atoms with van der Waals surface area (Å²) in [7, 11) is 3.39. The number of aromatic nitrogens is 3. The van der Waals surface area contributed by atoms with E-state index in [1.54, 1.807) is 43.5 Å². The highest BCUT2D eigenvalue weighted by atomic mass is 35.5. The van der Waals surface area contributed by atoms with Crippen molar-refractivity contribution in [2.24, 2.45) is 7.05 Å². The van der Waals surface area contributed by atoms with Crippen molar-refractivity contribution < 1.29 is 14.3 Å². The van der Waals surface area contributed by atoms with Crippen molar-refractivity contribution in [3.63, 3.8) is 0 Å². The quantitative estimate of drug-likeness (QED) is 0.418. The van der Waals surface area contributed by atoms with Gasteiger partial charge in [-0.05, 0) is 36.4 Å². The van der Waals surface area contributed by atoms with Crippen molar-refractivity contribution in [3.8, 4) is 11.5 Å². The van der Waals surface area contributed by atoms with Gasteiger partial charge in [0.2, 0.25) is 0 Å². The molecule has 8 heteroatoms. The number of nitrogens with zero attached hydrogens (tertiary/aromatic N) is 3. The molecule has 0 spiro atoms. The van der Waals surface area contributed by atoms with Gasteiger partial charge >= 0.3 is 0 Å². The highest BCUT2D eigenvalue weighted by Crippen LogP contribution is 2.23. The molecule has 1 aromatic heterocycles. The minimum Gasteiger partial charge on any atom is -0.496 e. The fraction of sp³-hybridized carbons (Fsp3) is 0.211. The number of halogens is 1. The van der Waals surface area contributed by atoms with Gasteiger partial charge in [0.1, 0.15) is 18.1 Å². The first-order valence-electron chi connectivity index (χ1n) is 8.14. The summed E-state index contributed by atoms with van der Waals surface area (Å²) in [6.07, 6.45) is 0. The van der Waals surface area contributed by atoms with Crippen LogP contribution in [-0.2, 0) is 13.7 Å². The molecule has 3 aromatic rings. The van der Waals surface area contributed by atoms with Gasteiger partial charge in [0, 0.05) is 12.1 Å². The number of benzene rings is 2. The molecule has 0 saturated heterocycles. The Kier molecular flexibility index (Phi) is 6.36. The van der Waals surface area contributed by atoms with E-state index < -0.39 is 0 Å². The third-order valence-electron chi connectivity index (χ3n) is 3.85. The van der Waals surface area contributed by atoms with Crippen LogP contribution in [0.5, 0.6) is 11.5 Å². The lowest BCUT2D eigenvalue weighted by Crippen LogP contribution is -2.07. The Morgan fingerprint density at radius 3 is 2.63 bits per heavy atom. The van der Waals surface area contributed by atoms with Gasteiger partial charge in [0.05, 0.1) is 18.4 Å². The molecule has 0 aliphatic heterocycles. The number of thioether (sulfide) groups is 1. The molecule has 0 aliphatic rings. The lowest BCUT2D eigenvalue weighted by Gasteiger charge is -2.08. The number of rotatable bonds is 8. The number of Topliss-reactive ketones (excluding diaryl/α,β-unsaturated/α-hetero) is 1. The molecule has 1 heterocycles. The largest absolute Gasteiger partial charge is 0.496 e. The van der Waals surface area contributed by atoms with Crippen LogP contribution in [0.15, 0.2) is 53.7 Å². The van der Waals surface area contributed by atoms with Gasteiger partial charge in [-0.1, -0.05) is 35.5 Å². The van der Waals surface area contributed by atoms with Gasteiger partial charge in [-0.25, -0.2) is 0 Å². The second-order valence-electron chi connectivity index (χ2n) is 5.61. The topological polar surface area (TPSA) is 66.2 Å². The van der Waals surface area contributed by atoms with E-state index in [1.165, 1.54) is 11.8 Å². The normalized spacial score (nSPS) is 10.6. The molecule has 0 radical (unpaired) electrons. The van der Waals surface area contributed by atoms with Gasteiger partial charge < -0.3 is 14.0 Å². The predicted octanol–water partition coefficient (Wildman–Crippen LogP) is 4.03. The molecule has 3 rings (SSSR count). The lowest BCUT2D eigenvalue weighted by atomic mass is 10.1. The van der Waals surface area contributed by atoms with Crippen LogP contribution in [0.4, 0.5) is 0 Å². The molecule has 140 valence electrons. The van der Waals surface area contributed by atoms with Crippen LogP contribution in [0.1, 0.15) is 16.2 Å². The van der Waals surface area contributed by atoms with Crippen molar-refractivity contribution in [2.45, 2.75) is 11.8 Å². The zero-order valence-electron chi connectivity index (χ0n) is 14.9. The Balaban J connectivity index is 1.60. The molecule has 0 N–H and O–H groups in total. The Morgan fingerprint density at radius 2 is 1.89 bits per heavy atom. The number of ether oxygens (including phenoxy) is 2. The number of ketones is 1. The van der Waals surface area contributed by atoms with Gasteiger partial charge in [-0.2, -0.15) is 0 Å². The van der Waals surface area contributed by atoms with Crippen LogP contribution in [0.25, 0.3) is 0 Å². The molecule has 27 heavy (non-hydrogen) atoms.